The number of benzene rings is 2. The van der Waals surface area contributed by atoms with Crippen molar-refractivity contribution < 1.29 is 41.0 Å². The van der Waals surface area contributed by atoms with Crippen molar-refractivity contribution in [2.24, 2.45) is 5.41 Å². The number of hydrogen-bond donors (Lipinski definition) is 3. The summed E-state index contributed by atoms with van der Waals surface area (Å²) in [7, 11) is 0. The summed E-state index contributed by atoms with van der Waals surface area (Å²) >= 11 is 12.1. The van der Waals surface area contributed by atoms with Gasteiger partial charge in [0.25, 0.3) is 0 Å². The second-order valence-corrected chi connectivity index (χ2v) is 10.8. The average Bonchev–Trinajstić information content (AvgIpc) is 3.14. The summed E-state index contributed by atoms with van der Waals surface area (Å²) in [4.78, 5) is 26.1. The number of amides is 3. The predicted molar refractivity (Wildman–Crippen MR) is 130 cm³/mol. The number of carboxylic acid groups (broad SMARTS) is 1. The van der Waals surface area contributed by atoms with E-state index in [0.717, 1.165) is 4.90 Å². The van der Waals surface area contributed by atoms with E-state index in [-0.39, 0.29) is 22.7 Å². The van der Waals surface area contributed by atoms with Crippen LogP contribution in [0.4, 0.5) is 41.6 Å². The largest absolute Gasteiger partial charge is 0.465 e. The fourth-order valence-corrected chi connectivity index (χ4v) is 4.94. The molecule has 3 rings (SSSR count). The van der Waals surface area contributed by atoms with Gasteiger partial charge in [-0.1, -0.05) is 50.0 Å². The fraction of sp³-hybridized carbons (Fsp3) is 0.417. The molecule has 1 saturated heterocycles. The van der Waals surface area contributed by atoms with Gasteiger partial charge >= 0.3 is 24.5 Å². The van der Waals surface area contributed by atoms with E-state index in [0.29, 0.717) is 17.7 Å². The van der Waals surface area contributed by atoms with Gasteiger partial charge in [-0.15, -0.1) is 0 Å². The molecule has 2 aromatic carbocycles. The number of hydrogen-bond acceptors (Lipinski definition) is 2. The number of rotatable bonds is 3. The van der Waals surface area contributed by atoms with Crippen molar-refractivity contribution in [2.45, 2.75) is 51.1 Å². The molecule has 0 spiro atoms. The Hall–Kier alpha value is -2.86. The zero-order valence-electron chi connectivity index (χ0n) is 20.1. The Bertz CT molecular complexity index is 1200. The van der Waals surface area contributed by atoms with E-state index in [1.807, 2.05) is 5.32 Å². The molecule has 1 heterocycles. The normalized spacial score (nSPS) is 20.4. The van der Waals surface area contributed by atoms with Crippen LogP contribution in [-0.2, 0) is 12.4 Å². The van der Waals surface area contributed by atoms with E-state index in [1.165, 1.54) is 12.1 Å². The molecule has 38 heavy (non-hydrogen) atoms. The molecular formula is C24H23Cl2F6N3O3. The van der Waals surface area contributed by atoms with Crippen molar-refractivity contribution in [3.05, 3.63) is 63.1 Å². The summed E-state index contributed by atoms with van der Waals surface area (Å²) in [6.07, 6.45) is -11.5. The second-order valence-electron chi connectivity index (χ2n) is 9.94. The van der Waals surface area contributed by atoms with Crippen LogP contribution in [0.3, 0.4) is 0 Å². The maximum absolute atomic E-state index is 13.2. The molecule has 0 bridgehead atoms. The number of halogens is 8. The van der Waals surface area contributed by atoms with E-state index in [9.17, 15) is 41.0 Å². The van der Waals surface area contributed by atoms with Crippen molar-refractivity contribution in [1.82, 2.24) is 10.2 Å². The van der Waals surface area contributed by atoms with Crippen molar-refractivity contribution in [3.63, 3.8) is 0 Å². The quantitative estimate of drug-likeness (QED) is 0.323. The van der Waals surface area contributed by atoms with E-state index in [1.54, 1.807) is 26.8 Å². The van der Waals surface area contributed by atoms with Gasteiger partial charge in [0.15, 0.2) is 0 Å². The van der Waals surface area contributed by atoms with Gasteiger partial charge in [0, 0.05) is 18.2 Å². The molecule has 2 aromatic rings. The Morgan fingerprint density at radius 2 is 1.47 bits per heavy atom. The Balaban J connectivity index is 2.00. The van der Waals surface area contributed by atoms with Gasteiger partial charge in [0.1, 0.15) is 0 Å². The van der Waals surface area contributed by atoms with Gasteiger partial charge < -0.3 is 20.6 Å². The molecule has 208 valence electrons. The van der Waals surface area contributed by atoms with Crippen LogP contribution < -0.4 is 10.6 Å². The average molecular weight is 586 g/mol. The summed E-state index contributed by atoms with van der Waals surface area (Å²) in [5.41, 5.74) is -4.14. The van der Waals surface area contributed by atoms with Gasteiger partial charge in [-0.2, -0.15) is 26.3 Å². The molecule has 3 N–H and O–H groups in total. The smallest absolute Gasteiger partial charge is 0.416 e. The van der Waals surface area contributed by atoms with Crippen LogP contribution in [-0.4, -0.2) is 40.8 Å². The SMILES string of the molecule is CC(C)(C)C1[C@@H](NC(=O)Nc2cc(C(F)(F)F)cc(C(F)(F)F)c2)[C@H](c2ccc(Cl)c(Cl)c2)CN1C(=O)O. The maximum atomic E-state index is 13.2. The molecule has 0 saturated carbocycles. The molecule has 1 unspecified atom stereocenters. The molecular weight excluding hydrogens is 563 g/mol. The summed E-state index contributed by atoms with van der Waals surface area (Å²) < 4.78 is 79.4. The van der Waals surface area contributed by atoms with E-state index in [2.05, 4.69) is 5.32 Å². The fourth-order valence-electron chi connectivity index (χ4n) is 4.64. The van der Waals surface area contributed by atoms with E-state index in [4.69, 9.17) is 23.2 Å². The molecule has 1 fully saturated rings. The number of nitrogens with one attached hydrogen (secondary N) is 2. The first-order valence-electron chi connectivity index (χ1n) is 11.1. The minimum Gasteiger partial charge on any atom is -0.465 e. The zero-order chi connectivity index (χ0) is 28.8. The zero-order valence-corrected chi connectivity index (χ0v) is 21.6. The molecule has 3 atom stereocenters. The Morgan fingerprint density at radius 1 is 0.921 bits per heavy atom. The molecule has 0 aliphatic carbocycles. The lowest BCUT2D eigenvalue weighted by Gasteiger charge is -2.37. The number of carbonyl (C=O) groups excluding carboxylic acids is 1. The van der Waals surface area contributed by atoms with Crippen molar-refractivity contribution in [2.75, 3.05) is 11.9 Å². The molecule has 0 radical (unpaired) electrons. The number of carbonyl (C=O) groups is 2. The van der Waals surface area contributed by atoms with Crippen LogP contribution in [0.15, 0.2) is 36.4 Å². The van der Waals surface area contributed by atoms with Gasteiger partial charge in [0.2, 0.25) is 0 Å². The highest BCUT2D eigenvalue weighted by atomic mass is 35.5. The maximum Gasteiger partial charge on any atom is 0.416 e. The lowest BCUT2D eigenvalue weighted by molar-refractivity contribution is -0.143. The number of likely N-dealkylation sites (tertiary alicyclic amines) is 1. The topological polar surface area (TPSA) is 81.7 Å². The van der Waals surface area contributed by atoms with Gasteiger partial charge in [-0.25, -0.2) is 9.59 Å². The number of anilines is 1. The Kier molecular flexibility index (Phi) is 8.10. The standard InChI is InChI=1S/C24H23Cl2F6N3O3/c1-22(2,3)19-18(15(10-35(19)21(37)38)11-4-5-16(25)17(26)6-11)34-20(36)33-14-8-12(23(27,28)29)7-13(9-14)24(30,31)32/h4-9,15,18-19H,10H2,1-3H3,(H,37,38)(H2,33,34,36)/t15-,18-,19?/m0/s1. The lowest BCUT2D eigenvalue weighted by atomic mass is 9.79. The predicted octanol–water partition coefficient (Wildman–Crippen LogP) is 7.71. The third-order valence-electron chi connectivity index (χ3n) is 6.15. The number of nitrogens with zero attached hydrogens (tertiary/aromatic N) is 1. The van der Waals surface area contributed by atoms with Crippen LogP contribution in [0.2, 0.25) is 10.0 Å². The number of alkyl halides is 6. The molecule has 6 nitrogen and oxygen atoms in total. The number of urea groups is 1. The molecule has 14 heteroatoms. The summed E-state index contributed by atoms with van der Waals surface area (Å²) in [6, 6.07) is 2.43. The van der Waals surface area contributed by atoms with Crippen molar-refractivity contribution in [1.29, 1.82) is 0 Å². The van der Waals surface area contributed by atoms with Crippen LogP contribution in [0.25, 0.3) is 0 Å². The van der Waals surface area contributed by atoms with E-state index < -0.39 is 64.7 Å². The first-order valence-corrected chi connectivity index (χ1v) is 11.9. The van der Waals surface area contributed by atoms with Gasteiger partial charge in [-0.3, -0.25) is 0 Å². The highest BCUT2D eigenvalue weighted by molar-refractivity contribution is 6.42. The van der Waals surface area contributed by atoms with Crippen LogP contribution in [0.5, 0.6) is 0 Å². The minimum absolute atomic E-state index is 0.0548. The molecule has 1 aliphatic heterocycles. The lowest BCUT2D eigenvalue weighted by Crippen LogP contribution is -2.54. The second kappa shape index (κ2) is 10.4. The Labute approximate surface area is 223 Å². The molecule has 3 amide bonds. The van der Waals surface area contributed by atoms with Crippen LogP contribution in [0, 0.1) is 5.41 Å². The third kappa shape index (κ3) is 6.58. The van der Waals surface area contributed by atoms with Crippen LogP contribution in [0.1, 0.15) is 43.4 Å². The Morgan fingerprint density at radius 3 is 1.92 bits per heavy atom. The minimum atomic E-state index is -5.10. The summed E-state index contributed by atoms with van der Waals surface area (Å²) in [6.45, 7) is 5.14. The summed E-state index contributed by atoms with van der Waals surface area (Å²) in [5.74, 6) is -0.664. The highest BCUT2D eigenvalue weighted by Crippen LogP contribution is 2.42. The monoisotopic (exact) mass is 585 g/mol. The van der Waals surface area contributed by atoms with Crippen molar-refractivity contribution in [3.8, 4) is 0 Å². The molecule has 1 aliphatic rings. The van der Waals surface area contributed by atoms with Gasteiger partial charge in [-0.05, 0) is 41.3 Å². The highest BCUT2D eigenvalue weighted by Gasteiger charge is 2.50. The molecule has 0 aromatic heterocycles. The van der Waals surface area contributed by atoms with Gasteiger partial charge in [0.05, 0.1) is 33.3 Å². The van der Waals surface area contributed by atoms with Crippen molar-refractivity contribution >= 4 is 41.0 Å². The van der Waals surface area contributed by atoms with Crippen LogP contribution >= 0.6 is 23.2 Å². The third-order valence-corrected chi connectivity index (χ3v) is 6.89. The first kappa shape index (κ1) is 29.7. The first-order chi connectivity index (χ1) is 17.3. The summed E-state index contributed by atoms with van der Waals surface area (Å²) in [5, 5.41) is 14.9. The van der Waals surface area contributed by atoms with E-state index >= 15 is 0 Å².